The van der Waals surface area contributed by atoms with Crippen molar-refractivity contribution < 1.29 is 0 Å². The second kappa shape index (κ2) is 15.8. The van der Waals surface area contributed by atoms with E-state index >= 15 is 0 Å². The van der Waals surface area contributed by atoms with Gasteiger partial charge in [0.25, 0.3) is 0 Å². The zero-order valence-electron chi connectivity index (χ0n) is 35.0. The number of hydrogen-bond donors (Lipinski definition) is 0. The summed E-state index contributed by atoms with van der Waals surface area (Å²) in [6.45, 7) is 0. The minimum Gasteiger partial charge on any atom is -0.228 e. The van der Waals surface area contributed by atoms with Crippen LogP contribution in [0.2, 0.25) is 0 Å². The number of nitrogens with zero attached hydrogens (tertiary/aromatic N) is 2. The van der Waals surface area contributed by atoms with E-state index in [1.165, 1.54) is 54.6 Å². The number of aromatic nitrogens is 2. The average Bonchev–Trinajstić information content (AvgIpc) is 3.38. The van der Waals surface area contributed by atoms with Crippen molar-refractivity contribution in [3.63, 3.8) is 0 Å². The fourth-order valence-electron chi connectivity index (χ4n) is 9.47. The molecule has 0 fully saturated rings. The van der Waals surface area contributed by atoms with Crippen molar-refractivity contribution in [2.45, 2.75) is 0 Å². The van der Waals surface area contributed by atoms with Crippen LogP contribution < -0.4 is 0 Å². The van der Waals surface area contributed by atoms with E-state index in [-0.39, 0.29) is 0 Å². The molecule has 0 atom stereocenters. The van der Waals surface area contributed by atoms with E-state index in [1.807, 2.05) is 0 Å². The van der Waals surface area contributed by atoms with Gasteiger partial charge >= 0.3 is 0 Å². The molecule has 12 rings (SSSR count). The van der Waals surface area contributed by atoms with Crippen LogP contribution >= 0.6 is 0 Å². The normalized spacial score (nSPS) is 11.4. The lowest BCUT2D eigenvalue weighted by atomic mass is 9.92. The molecule has 12 aromatic rings. The quantitative estimate of drug-likeness (QED) is 0.150. The molecule has 1 aromatic heterocycles. The average molecular weight is 813 g/mol. The van der Waals surface area contributed by atoms with Crippen LogP contribution in [-0.4, -0.2) is 9.97 Å². The van der Waals surface area contributed by atoms with Crippen molar-refractivity contribution in [1.29, 1.82) is 0 Å². The molecule has 0 aliphatic rings. The third-order valence-corrected chi connectivity index (χ3v) is 12.6. The van der Waals surface area contributed by atoms with Gasteiger partial charge in [-0.05, 0) is 130 Å². The monoisotopic (exact) mass is 812 g/mol. The minimum absolute atomic E-state index is 0.671. The Morgan fingerprint density at radius 2 is 0.547 bits per heavy atom. The second-order valence-electron chi connectivity index (χ2n) is 16.5. The van der Waals surface area contributed by atoms with Gasteiger partial charge in [0.1, 0.15) is 0 Å². The summed E-state index contributed by atoms with van der Waals surface area (Å²) in [5, 5.41) is 9.53. The highest BCUT2D eigenvalue weighted by atomic mass is 14.9. The van der Waals surface area contributed by atoms with Crippen molar-refractivity contribution in [2.75, 3.05) is 0 Å². The largest absolute Gasteiger partial charge is 0.228 e. The third kappa shape index (κ3) is 6.79. The third-order valence-electron chi connectivity index (χ3n) is 12.6. The Morgan fingerprint density at radius 1 is 0.203 bits per heavy atom. The first-order valence-corrected chi connectivity index (χ1v) is 21.9. The smallest absolute Gasteiger partial charge is 0.160 e. The molecule has 0 saturated carbocycles. The lowest BCUT2D eigenvalue weighted by molar-refractivity contribution is 1.19. The first-order chi connectivity index (χ1) is 31.7. The standard InChI is InChI=1S/C62H40N2/c1-3-16-41(17-4-1)43-30-32-44(33-31-43)49-35-50(46-23-15-22-45(34-46)42-18-5-2-6-19-42)37-51(36-49)62-63-60(58-38-47-20-7-9-24-52(47)54-26-11-13-28-56(54)58)40-61(64-62)59-39-48-21-8-10-25-53(48)55-27-12-14-29-57(55)59/h1-40H. The Hall–Kier alpha value is -8.46. The summed E-state index contributed by atoms with van der Waals surface area (Å²) >= 11 is 0. The zero-order valence-corrected chi connectivity index (χ0v) is 35.0. The predicted molar refractivity (Wildman–Crippen MR) is 270 cm³/mol. The Labute approximate surface area is 372 Å². The number of rotatable bonds is 7. The lowest BCUT2D eigenvalue weighted by Crippen LogP contribution is -1.98. The first kappa shape index (κ1) is 37.3. The molecule has 64 heavy (non-hydrogen) atoms. The van der Waals surface area contributed by atoms with Gasteiger partial charge in [-0.15, -0.1) is 0 Å². The van der Waals surface area contributed by atoms with Crippen LogP contribution in [0.15, 0.2) is 243 Å². The highest BCUT2D eigenvalue weighted by Gasteiger charge is 2.19. The molecule has 0 aliphatic carbocycles. The van der Waals surface area contributed by atoms with E-state index < -0.39 is 0 Å². The Kier molecular flexibility index (Phi) is 9.20. The maximum absolute atomic E-state index is 5.58. The maximum atomic E-state index is 5.58. The van der Waals surface area contributed by atoms with E-state index in [2.05, 4.69) is 243 Å². The van der Waals surface area contributed by atoms with E-state index in [9.17, 15) is 0 Å². The number of benzene rings is 11. The molecule has 0 spiro atoms. The molecule has 0 bridgehead atoms. The Balaban J connectivity index is 1.12. The molecule has 0 unspecified atom stereocenters. The molecule has 2 heteroatoms. The second-order valence-corrected chi connectivity index (χ2v) is 16.5. The van der Waals surface area contributed by atoms with Crippen LogP contribution in [0.1, 0.15) is 0 Å². The van der Waals surface area contributed by atoms with Crippen molar-refractivity contribution in [1.82, 2.24) is 9.97 Å². The summed E-state index contributed by atoms with van der Waals surface area (Å²) in [5.74, 6) is 0.671. The first-order valence-electron chi connectivity index (χ1n) is 21.9. The minimum atomic E-state index is 0.671. The molecule has 0 radical (unpaired) electrons. The van der Waals surface area contributed by atoms with Crippen LogP contribution in [0.25, 0.3) is 122 Å². The molecule has 11 aromatic carbocycles. The van der Waals surface area contributed by atoms with E-state index in [4.69, 9.17) is 9.97 Å². The van der Waals surface area contributed by atoms with Crippen molar-refractivity contribution in [2.24, 2.45) is 0 Å². The fraction of sp³-hybridized carbons (Fsp3) is 0. The van der Waals surface area contributed by atoms with Crippen molar-refractivity contribution >= 4 is 43.1 Å². The highest BCUT2D eigenvalue weighted by molar-refractivity contribution is 6.15. The van der Waals surface area contributed by atoms with Crippen LogP contribution in [0, 0.1) is 0 Å². The van der Waals surface area contributed by atoms with E-state index in [0.717, 1.165) is 61.1 Å². The molecular weight excluding hydrogens is 773 g/mol. The summed E-state index contributed by atoms with van der Waals surface area (Å²) in [6, 6.07) is 87.3. The molecule has 1 heterocycles. The highest BCUT2D eigenvalue weighted by Crippen LogP contribution is 2.41. The predicted octanol–water partition coefficient (Wildman–Crippen LogP) is 16.8. The van der Waals surface area contributed by atoms with Crippen LogP contribution in [0.5, 0.6) is 0 Å². The van der Waals surface area contributed by atoms with Crippen molar-refractivity contribution in [3.05, 3.63) is 243 Å². The molecule has 298 valence electrons. The molecule has 0 saturated heterocycles. The van der Waals surface area contributed by atoms with Gasteiger partial charge in [0.15, 0.2) is 5.82 Å². The van der Waals surface area contributed by atoms with Crippen LogP contribution in [-0.2, 0) is 0 Å². The van der Waals surface area contributed by atoms with Gasteiger partial charge in [-0.1, -0.05) is 200 Å². The Bertz CT molecular complexity index is 3570. The summed E-state index contributed by atoms with van der Waals surface area (Å²) in [7, 11) is 0. The van der Waals surface area contributed by atoms with Gasteiger partial charge in [0, 0.05) is 16.7 Å². The number of fused-ring (bicyclic) bond motifs is 6. The van der Waals surface area contributed by atoms with Crippen LogP contribution in [0.4, 0.5) is 0 Å². The molecule has 0 aliphatic heterocycles. The van der Waals surface area contributed by atoms with E-state index in [0.29, 0.717) is 5.82 Å². The van der Waals surface area contributed by atoms with Gasteiger partial charge in [-0.3, -0.25) is 0 Å². The molecule has 0 amide bonds. The van der Waals surface area contributed by atoms with Gasteiger partial charge in [-0.2, -0.15) is 0 Å². The molecule has 0 N–H and O–H groups in total. The number of hydrogen-bond acceptors (Lipinski definition) is 2. The maximum Gasteiger partial charge on any atom is 0.160 e. The lowest BCUT2D eigenvalue weighted by Gasteiger charge is -2.16. The summed E-state index contributed by atoms with van der Waals surface area (Å²) < 4.78 is 0. The molecular formula is C62H40N2. The summed E-state index contributed by atoms with van der Waals surface area (Å²) in [6.07, 6.45) is 0. The van der Waals surface area contributed by atoms with Crippen molar-refractivity contribution in [3.8, 4) is 78.4 Å². The summed E-state index contributed by atoms with van der Waals surface area (Å²) in [5.41, 5.74) is 14.0. The summed E-state index contributed by atoms with van der Waals surface area (Å²) in [4.78, 5) is 11.2. The zero-order chi connectivity index (χ0) is 42.4. The van der Waals surface area contributed by atoms with Gasteiger partial charge in [0.05, 0.1) is 11.4 Å². The molecule has 2 nitrogen and oxygen atoms in total. The van der Waals surface area contributed by atoms with Gasteiger partial charge in [-0.25, -0.2) is 9.97 Å². The fourth-order valence-corrected chi connectivity index (χ4v) is 9.47. The Morgan fingerprint density at radius 3 is 1.08 bits per heavy atom. The topological polar surface area (TPSA) is 25.8 Å². The SMILES string of the molecule is c1ccc(-c2ccc(-c3cc(-c4cccc(-c5ccccc5)c4)cc(-c4nc(-c5cc6ccccc6c6ccccc56)cc(-c5cc6ccccc6c6ccccc56)n4)c3)cc2)cc1. The van der Waals surface area contributed by atoms with E-state index in [1.54, 1.807) is 0 Å². The van der Waals surface area contributed by atoms with Gasteiger partial charge in [0.2, 0.25) is 0 Å². The van der Waals surface area contributed by atoms with Crippen LogP contribution in [0.3, 0.4) is 0 Å². The van der Waals surface area contributed by atoms with Gasteiger partial charge < -0.3 is 0 Å².